The molecule has 0 bridgehead atoms. The van der Waals surface area contributed by atoms with Gasteiger partial charge in [-0.25, -0.2) is 0 Å². The number of hydrogen-bond acceptors (Lipinski definition) is 4. The van der Waals surface area contributed by atoms with Gasteiger partial charge in [0.1, 0.15) is 6.10 Å². The van der Waals surface area contributed by atoms with E-state index in [-0.39, 0.29) is 19.2 Å². The first-order valence-corrected chi connectivity index (χ1v) is 17.2. The summed E-state index contributed by atoms with van der Waals surface area (Å²) in [5.74, 6) is -0.241. The molecular formula is C37H66O4. The molecule has 0 heterocycles. The lowest BCUT2D eigenvalue weighted by Gasteiger charge is -2.15. The summed E-state index contributed by atoms with van der Waals surface area (Å²) in [5, 5.41) is 9.53. The lowest BCUT2D eigenvalue weighted by Crippen LogP contribution is -2.27. The summed E-state index contributed by atoms with van der Waals surface area (Å²) < 4.78 is 11.1. The first-order valence-electron chi connectivity index (χ1n) is 17.2. The fourth-order valence-corrected chi connectivity index (χ4v) is 4.61. The van der Waals surface area contributed by atoms with Crippen molar-refractivity contribution >= 4 is 5.97 Å². The molecule has 0 aromatic heterocycles. The molecule has 0 rings (SSSR count). The first-order chi connectivity index (χ1) is 20.2. The minimum atomic E-state index is -0.552. The fraction of sp³-hybridized carbons (Fsp3) is 0.757. The van der Waals surface area contributed by atoms with Gasteiger partial charge in [-0.15, -0.1) is 0 Å². The molecule has 0 aliphatic carbocycles. The van der Waals surface area contributed by atoms with Gasteiger partial charge in [0, 0.05) is 13.0 Å². The SMILES string of the molecule is CC/C=C\C/C=C\C/C=C\C/C=C\CCCCC(=O)OC(CO)COCCCCCCCCCCCCCCCC. The van der Waals surface area contributed by atoms with Gasteiger partial charge in [0.05, 0.1) is 13.2 Å². The fourth-order valence-electron chi connectivity index (χ4n) is 4.61. The average Bonchev–Trinajstić information content (AvgIpc) is 2.98. The molecule has 0 aliphatic rings. The number of carbonyl (C=O) groups is 1. The van der Waals surface area contributed by atoms with Crippen LogP contribution in [0.25, 0.3) is 0 Å². The summed E-state index contributed by atoms with van der Waals surface area (Å²) >= 11 is 0. The van der Waals surface area contributed by atoms with Crippen molar-refractivity contribution in [2.75, 3.05) is 19.8 Å². The van der Waals surface area contributed by atoms with Crippen LogP contribution in [0.15, 0.2) is 48.6 Å². The van der Waals surface area contributed by atoms with E-state index in [4.69, 9.17) is 9.47 Å². The van der Waals surface area contributed by atoms with Gasteiger partial charge in [-0.05, 0) is 51.4 Å². The van der Waals surface area contributed by atoms with E-state index in [1.165, 1.54) is 83.5 Å². The Kier molecular flexibility index (Phi) is 33.2. The van der Waals surface area contributed by atoms with Crippen LogP contribution in [0.2, 0.25) is 0 Å². The zero-order valence-electron chi connectivity index (χ0n) is 27.0. The molecule has 1 N–H and O–H groups in total. The molecule has 0 saturated heterocycles. The van der Waals surface area contributed by atoms with Crippen LogP contribution in [0, 0.1) is 0 Å². The molecule has 41 heavy (non-hydrogen) atoms. The second kappa shape index (κ2) is 34.6. The standard InChI is InChI=1S/C37H66O4/c1-3-5-7-9-11-13-15-17-19-20-22-24-26-28-30-32-37(39)41-36(34-38)35-40-33-31-29-27-25-23-21-18-16-14-12-10-8-6-4-2/h5,7,11,13,17,19,22,24,36,38H,3-4,6,8-10,12,14-16,18,20-21,23,25-35H2,1-2H3/b7-5-,13-11-,19-17-,24-22-. The Morgan fingerprint density at radius 2 is 1.10 bits per heavy atom. The second-order valence-corrected chi connectivity index (χ2v) is 11.2. The zero-order chi connectivity index (χ0) is 29.9. The average molecular weight is 575 g/mol. The van der Waals surface area contributed by atoms with Crippen LogP contribution in [-0.2, 0) is 14.3 Å². The first kappa shape index (κ1) is 39.4. The van der Waals surface area contributed by atoms with Gasteiger partial charge in [0.2, 0.25) is 0 Å². The Morgan fingerprint density at radius 1 is 0.610 bits per heavy atom. The van der Waals surface area contributed by atoms with Crippen LogP contribution in [0.4, 0.5) is 0 Å². The third kappa shape index (κ3) is 32.7. The number of esters is 1. The summed E-state index contributed by atoms with van der Waals surface area (Å²) in [6, 6.07) is 0. The molecular weight excluding hydrogens is 508 g/mol. The summed E-state index contributed by atoms with van der Waals surface area (Å²) in [6.45, 7) is 5.18. The molecule has 0 amide bonds. The van der Waals surface area contributed by atoms with Gasteiger partial charge < -0.3 is 14.6 Å². The monoisotopic (exact) mass is 574 g/mol. The van der Waals surface area contributed by atoms with Crippen molar-refractivity contribution in [1.29, 1.82) is 0 Å². The van der Waals surface area contributed by atoms with Gasteiger partial charge in [0.25, 0.3) is 0 Å². The molecule has 1 unspecified atom stereocenters. The third-order valence-corrected chi connectivity index (χ3v) is 7.17. The van der Waals surface area contributed by atoms with Crippen molar-refractivity contribution in [2.45, 2.75) is 161 Å². The van der Waals surface area contributed by atoms with Crippen molar-refractivity contribution in [3.63, 3.8) is 0 Å². The molecule has 4 heteroatoms. The molecule has 0 spiro atoms. The van der Waals surface area contributed by atoms with Crippen LogP contribution in [-0.4, -0.2) is 37.0 Å². The molecule has 0 fully saturated rings. The zero-order valence-corrected chi connectivity index (χ0v) is 27.0. The number of allylic oxidation sites excluding steroid dienone is 8. The quantitative estimate of drug-likeness (QED) is 0.0508. The van der Waals surface area contributed by atoms with Crippen LogP contribution < -0.4 is 0 Å². The van der Waals surface area contributed by atoms with Crippen LogP contribution in [0.5, 0.6) is 0 Å². The van der Waals surface area contributed by atoms with Crippen molar-refractivity contribution in [1.82, 2.24) is 0 Å². The van der Waals surface area contributed by atoms with Crippen molar-refractivity contribution in [3.8, 4) is 0 Å². The topological polar surface area (TPSA) is 55.8 Å². The largest absolute Gasteiger partial charge is 0.457 e. The number of aliphatic hydroxyl groups is 1. The lowest BCUT2D eigenvalue weighted by atomic mass is 10.0. The molecule has 0 radical (unpaired) electrons. The van der Waals surface area contributed by atoms with Crippen LogP contribution in [0.3, 0.4) is 0 Å². The van der Waals surface area contributed by atoms with Gasteiger partial charge in [-0.1, -0.05) is 146 Å². The minimum Gasteiger partial charge on any atom is -0.457 e. The maximum atomic E-state index is 12.1. The Hall–Kier alpha value is -1.65. The second-order valence-electron chi connectivity index (χ2n) is 11.2. The van der Waals surface area contributed by atoms with E-state index in [1.54, 1.807) is 0 Å². The predicted octanol–water partition coefficient (Wildman–Crippen LogP) is 10.8. The third-order valence-electron chi connectivity index (χ3n) is 7.17. The van der Waals surface area contributed by atoms with E-state index in [2.05, 4.69) is 62.5 Å². The summed E-state index contributed by atoms with van der Waals surface area (Å²) in [7, 11) is 0. The molecule has 0 aromatic rings. The van der Waals surface area contributed by atoms with E-state index in [0.717, 1.165) is 51.4 Å². The highest BCUT2D eigenvalue weighted by Crippen LogP contribution is 2.13. The number of rotatable bonds is 31. The molecule has 238 valence electrons. The maximum absolute atomic E-state index is 12.1. The minimum absolute atomic E-state index is 0.188. The molecule has 1 atom stereocenters. The van der Waals surface area contributed by atoms with Crippen molar-refractivity contribution in [3.05, 3.63) is 48.6 Å². The normalized spacial score (nSPS) is 13.0. The van der Waals surface area contributed by atoms with Crippen molar-refractivity contribution < 1.29 is 19.4 Å². The Labute approximate surface area is 254 Å². The molecule has 4 nitrogen and oxygen atoms in total. The van der Waals surface area contributed by atoms with Crippen LogP contribution >= 0.6 is 0 Å². The van der Waals surface area contributed by atoms with Gasteiger partial charge >= 0.3 is 5.97 Å². The number of carbonyl (C=O) groups excluding carboxylic acids is 1. The van der Waals surface area contributed by atoms with Gasteiger partial charge in [-0.2, -0.15) is 0 Å². The van der Waals surface area contributed by atoms with E-state index in [9.17, 15) is 9.90 Å². The van der Waals surface area contributed by atoms with E-state index >= 15 is 0 Å². The predicted molar refractivity (Wildman–Crippen MR) is 177 cm³/mol. The Balaban J connectivity index is 3.53. The van der Waals surface area contributed by atoms with E-state index in [1.807, 2.05) is 0 Å². The molecule has 0 aromatic carbocycles. The van der Waals surface area contributed by atoms with Crippen molar-refractivity contribution in [2.24, 2.45) is 0 Å². The highest BCUT2D eigenvalue weighted by Gasteiger charge is 2.13. The summed E-state index contributed by atoms with van der Waals surface area (Å²) in [4.78, 5) is 12.1. The number of aliphatic hydroxyl groups excluding tert-OH is 1. The lowest BCUT2D eigenvalue weighted by molar-refractivity contribution is -0.154. The van der Waals surface area contributed by atoms with E-state index < -0.39 is 6.10 Å². The Morgan fingerprint density at radius 3 is 1.61 bits per heavy atom. The number of hydrogen-bond donors (Lipinski definition) is 1. The maximum Gasteiger partial charge on any atom is 0.306 e. The highest BCUT2D eigenvalue weighted by atomic mass is 16.6. The summed E-state index contributed by atoms with van der Waals surface area (Å²) in [6.07, 6.45) is 42.9. The summed E-state index contributed by atoms with van der Waals surface area (Å²) in [5.41, 5.74) is 0. The highest BCUT2D eigenvalue weighted by molar-refractivity contribution is 5.69. The molecule has 0 aliphatic heterocycles. The number of unbranched alkanes of at least 4 members (excludes halogenated alkanes) is 15. The number of ether oxygens (including phenoxy) is 2. The van der Waals surface area contributed by atoms with Gasteiger partial charge in [0.15, 0.2) is 0 Å². The van der Waals surface area contributed by atoms with Crippen LogP contribution in [0.1, 0.15) is 155 Å². The van der Waals surface area contributed by atoms with E-state index in [0.29, 0.717) is 13.0 Å². The smallest absolute Gasteiger partial charge is 0.306 e. The Bertz CT molecular complexity index is 649. The van der Waals surface area contributed by atoms with Gasteiger partial charge in [-0.3, -0.25) is 4.79 Å². The molecule has 0 saturated carbocycles.